The Morgan fingerprint density at radius 1 is 0.895 bits per heavy atom. The average molecular weight is 275 g/mol. The number of rotatable bonds is 2. The fraction of sp³-hybridized carbons (Fsp3) is 0.294. The maximum atomic E-state index is 6.25. The molecule has 0 atom stereocenters. The van der Waals surface area contributed by atoms with E-state index in [0.717, 1.165) is 22.1 Å². The Balaban J connectivity index is 2.29. The summed E-state index contributed by atoms with van der Waals surface area (Å²) in [7, 11) is 0. The molecule has 19 heavy (non-hydrogen) atoms. The second-order valence-corrected chi connectivity index (χ2v) is 6.21. The summed E-state index contributed by atoms with van der Waals surface area (Å²) in [6, 6.07) is 13.8. The van der Waals surface area contributed by atoms with Crippen molar-refractivity contribution in [3.63, 3.8) is 0 Å². The third-order valence-electron chi connectivity index (χ3n) is 3.00. The molecule has 0 heterocycles. The molecule has 0 bridgehead atoms. The lowest BCUT2D eigenvalue weighted by Gasteiger charge is -2.21. The predicted octanol–water partition coefficient (Wildman–Crippen LogP) is 5.74. The number of hydrogen-bond acceptors (Lipinski definition) is 1. The van der Waals surface area contributed by atoms with E-state index >= 15 is 0 Å². The maximum Gasteiger partial charge on any atom is 0.127 e. The highest BCUT2D eigenvalue weighted by atomic mass is 35.5. The van der Waals surface area contributed by atoms with Gasteiger partial charge in [-0.1, -0.05) is 50.1 Å². The minimum absolute atomic E-state index is 0.00370. The van der Waals surface area contributed by atoms with Gasteiger partial charge in [-0.05, 0) is 48.2 Å². The van der Waals surface area contributed by atoms with Gasteiger partial charge in [0.25, 0.3) is 0 Å². The van der Waals surface area contributed by atoms with Crippen LogP contribution < -0.4 is 4.74 Å². The Kier molecular flexibility index (Phi) is 3.86. The van der Waals surface area contributed by atoms with Gasteiger partial charge in [0.1, 0.15) is 11.5 Å². The van der Waals surface area contributed by atoms with Gasteiger partial charge in [-0.3, -0.25) is 0 Å². The van der Waals surface area contributed by atoms with Gasteiger partial charge < -0.3 is 4.74 Å². The van der Waals surface area contributed by atoms with E-state index in [-0.39, 0.29) is 5.41 Å². The molecule has 0 aliphatic heterocycles. The molecule has 0 spiro atoms. The molecule has 0 unspecified atom stereocenters. The average Bonchev–Trinajstić information content (AvgIpc) is 2.33. The molecule has 0 aliphatic carbocycles. The topological polar surface area (TPSA) is 9.23 Å². The Bertz CT molecular complexity index is 565. The quantitative estimate of drug-likeness (QED) is 0.679. The molecule has 0 fully saturated rings. The van der Waals surface area contributed by atoms with Crippen LogP contribution in [0.5, 0.6) is 11.5 Å². The summed E-state index contributed by atoms with van der Waals surface area (Å²) < 4.78 is 5.87. The molecule has 0 saturated heterocycles. The Morgan fingerprint density at radius 3 is 2.05 bits per heavy atom. The maximum absolute atomic E-state index is 6.25. The summed E-state index contributed by atoms with van der Waals surface area (Å²) in [6.07, 6.45) is 0. The van der Waals surface area contributed by atoms with E-state index in [1.54, 1.807) is 0 Å². The van der Waals surface area contributed by atoms with E-state index in [1.807, 2.05) is 42.5 Å². The lowest BCUT2D eigenvalue weighted by Crippen LogP contribution is -2.11. The standard InChI is InChI=1S/C17H19ClO/c1-12-5-7-13(8-6-12)19-14-9-10-16(18)15(11-14)17(2,3)4/h5-11H,1-4H3. The molecule has 2 heteroatoms. The smallest absolute Gasteiger partial charge is 0.127 e. The van der Waals surface area contributed by atoms with Crippen molar-refractivity contribution in [2.24, 2.45) is 0 Å². The molecular weight excluding hydrogens is 256 g/mol. The van der Waals surface area contributed by atoms with E-state index in [4.69, 9.17) is 16.3 Å². The van der Waals surface area contributed by atoms with Crippen molar-refractivity contribution >= 4 is 11.6 Å². The van der Waals surface area contributed by atoms with Crippen LogP contribution in [0.2, 0.25) is 5.02 Å². The fourth-order valence-corrected chi connectivity index (χ4v) is 2.29. The van der Waals surface area contributed by atoms with Crippen LogP contribution in [0.1, 0.15) is 31.9 Å². The van der Waals surface area contributed by atoms with E-state index in [1.165, 1.54) is 5.56 Å². The highest BCUT2D eigenvalue weighted by molar-refractivity contribution is 6.31. The first-order valence-electron chi connectivity index (χ1n) is 6.41. The van der Waals surface area contributed by atoms with Crippen LogP contribution in [-0.4, -0.2) is 0 Å². The molecule has 0 radical (unpaired) electrons. The van der Waals surface area contributed by atoms with Gasteiger partial charge in [0, 0.05) is 5.02 Å². The molecule has 0 amide bonds. The van der Waals surface area contributed by atoms with Crippen molar-refractivity contribution in [1.29, 1.82) is 0 Å². The van der Waals surface area contributed by atoms with Crippen LogP contribution in [0.25, 0.3) is 0 Å². The van der Waals surface area contributed by atoms with E-state index in [9.17, 15) is 0 Å². The van der Waals surface area contributed by atoms with Crippen LogP contribution in [0.4, 0.5) is 0 Å². The van der Waals surface area contributed by atoms with Crippen molar-refractivity contribution in [1.82, 2.24) is 0 Å². The Labute approximate surface area is 120 Å². The zero-order valence-electron chi connectivity index (χ0n) is 11.8. The monoisotopic (exact) mass is 274 g/mol. The normalized spacial score (nSPS) is 11.4. The van der Waals surface area contributed by atoms with E-state index in [2.05, 4.69) is 27.7 Å². The fourth-order valence-electron chi connectivity index (χ4n) is 1.89. The summed E-state index contributed by atoms with van der Waals surface area (Å²) >= 11 is 6.25. The van der Waals surface area contributed by atoms with Crippen molar-refractivity contribution in [3.05, 3.63) is 58.6 Å². The minimum atomic E-state index is 0.00370. The predicted molar refractivity (Wildman–Crippen MR) is 81.4 cm³/mol. The molecule has 2 rings (SSSR count). The highest BCUT2D eigenvalue weighted by Gasteiger charge is 2.18. The Hall–Kier alpha value is -1.47. The molecule has 2 aromatic carbocycles. The summed E-state index contributed by atoms with van der Waals surface area (Å²) in [5, 5.41) is 0.781. The molecule has 0 N–H and O–H groups in total. The molecule has 0 aromatic heterocycles. The van der Waals surface area contributed by atoms with Gasteiger partial charge in [0.2, 0.25) is 0 Å². The van der Waals surface area contributed by atoms with Crippen LogP contribution in [0.3, 0.4) is 0 Å². The largest absolute Gasteiger partial charge is 0.457 e. The van der Waals surface area contributed by atoms with Crippen LogP contribution in [-0.2, 0) is 5.41 Å². The SMILES string of the molecule is Cc1ccc(Oc2ccc(Cl)c(C(C)(C)C)c2)cc1. The summed E-state index contributed by atoms with van der Waals surface area (Å²) in [5.41, 5.74) is 2.32. The molecule has 2 aromatic rings. The lowest BCUT2D eigenvalue weighted by molar-refractivity contribution is 0.478. The summed E-state index contributed by atoms with van der Waals surface area (Å²) in [6.45, 7) is 8.49. The van der Waals surface area contributed by atoms with Crippen molar-refractivity contribution in [2.45, 2.75) is 33.1 Å². The van der Waals surface area contributed by atoms with Crippen molar-refractivity contribution in [3.8, 4) is 11.5 Å². The first-order valence-corrected chi connectivity index (χ1v) is 6.78. The third-order valence-corrected chi connectivity index (χ3v) is 3.33. The Morgan fingerprint density at radius 2 is 1.47 bits per heavy atom. The van der Waals surface area contributed by atoms with Gasteiger partial charge in [-0.2, -0.15) is 0 Å². The first kappa shape index (κ1) is 14.0. The molecule has 0 saturated carbocycles. The van der Waals surface area contributed by atoms with Gasteiger partial charge in [0.05, 0.1) is 0 Å². The summed E-state index contributed by atoms with van der Waals surface area (Å²) in [5.74, 6) is 1.66. The number of halogens is 1. The first-order chi connectivity index (χ1) is 8.86. The van der Waals surface area contributed by atoms with Gasteiger partial charge in [-0.25, -0.2) is 0 Å². The molecular formula is C17H19ClO. The molecule has 100 valence electrons. The summed E-state index contributed by atoms with van der Waals surface area (Å²) in [4.78, 5) is 0. The minimum Gasteiger partial charge on any atom is -0.457 e. The van der Waals surface area contributed by atoms with Crippen molar-refractivity contribution < 1.29 is 4.74 Å². The third kappa shape index (κ3) is 3.51. The van der Waals surface area contributed by atoms with E-state index < -0.39 is 0 Å². The molecule has 1 nitrogen and oxygen atoms in total. The van der Waals surface area contributed by atoms with Gasteiger partial charge >= 0.3 is 0 Å². The zero-order valence-corrected chi connectivity index (χ0v) is 12.6. The van der Waals surface area contributed by atoms with Crippen LogP contribution in [0.15, 0.2) is 42.5 Å². The molecule has 0 aliphatic rings. The number of aryl methyl sites for hydroxylation is 1. The number of benzene rings is 2. The number of hydrogen-bond donors (Lipinski definition) is 0. The van der Waals surface area contributed by atoms with Crippen LogP contribution in [0, 0.1) is 6.92 Å². The second kappa shape index (κ2) is 5.26. The zero-order chi connectivity index (χ0) is 14.0. The lowest BCUT2D eigenvalue weighted by atomic mass is 9.87. The second-order valence-electron chi connectivity index (χ2n) is 5.81. The van der Waals surface area contributed by atoms with Gasteiger partial charge in [-0.15, -0.1) is 0 Å². The van der Waals surface area contributed by atoms with Crippen molar-refractivity contribution in [2.75, 3.05) is 0 Å². The van der Waals surface area contributed by atoms with Gasteiger partial charge in [0.15, 0.2) is 0 Å². The number of ether oxygens (including phenoxy) is 1. The van der Waals surface area contributed by atoms with E-state index in [0.29, 0.717) is 0 Å². The highest BCUT2D eigenvalue weighted by Crippen LogP contribution is 2.33. The van der Waals surface area contributed by atoms with Crippen LogP contribution >= 0.6 is 11.6 Å².